The second-order valence-electron chi connectivity index (χ2n) is 5.42. The highest BCUT2D eigenvalue weighted by molar-refractivity contribution is 5.77. The van der Waals surface area contributed by atoms with E-state index < -0.39 is 0 Å². The van der Waals surface area contributed by atoms with Crippen LogP contribution in [-0.2, 0) is 4.79 Å². The Kier molecular flexibility index (Phi) is 8.01. The molecule has 0 bridgehead atoms. The lowest BCUT2D eigenvalue weighted by atomic mass is 9.94. The van der Waals surface area contributed by atoms with Gasteiger partial charge in [-0.15, -0.1) is 0 Å². The van der Waals surface area contributed by atoms with Crippen LogP contribution in [0, 0.1) is 5.92 Å². The lowest BCUT2D eigenvalue weighted by Crippen LogP contribution is -2.36. The number of rotatable bonds is 8. The lowest BCUT2D eigenvalue weighted by Gasteiger charge is -2.28. The molecule has 0 aromatic rings. The van der Waals surface area contributed by atoms with Crippen LogP contribution in [0.3, 0.4) is 0 Å². The molecule has 1 fully saturated rings. The van der Waals surface area contributed by atoms with Crippen LogP contribution in [0.2, 0.25) is 0 Å². The molecule has 4 heteroatoms. The summed E-state index contributed by atoms with van der Waals surface area (Å²) in [7, 11) is 2.19. The third-order valence-corrected chi connectivity index (χ3v) is 3.71. The zero-order valence-electron chi connectivity index (χ0n) is 12.0. The minimum atomic E-state index is 0.131. The highest BCUT2D eigenvalue weighted by Crippen LogP contribution is 2.18. The maximum Gasteiger partial charge on any atom is 0.233 e. The fourth-order valence-electron chi connectivity index (χ4n) is 2.33. The molecule has 1 aliphatic heterocycles. The second kappa shape index (κ2) is 9.34. The number of carbonyl (C=O) groups excluding carboxylic acids is 1. The molecule has 0 atom stereocenters. The smallest absolute Gasteiger partial charge is 0.233 e. The third kappa shape index (κ3) is 6.97. The van der Waals surface area contributed by atoms with Crippen molar-refractivity contribution in [1.82, 2.24) is 15.5 Å². The Hall–Kier alpha value is -0.610. The van der Waals surface area contributed by atoms with Gasteiger partial charge in [-0.1, -0.05) is 13.3 Å². The van der Waals surface area contributed by atoms with E-state index in [1.807, 2.05) is 0 Å². The molecular formula is C14H29N3O. The number of piperidine rings is 1. The summed E-state index contributed by atoms with van der Waals surface area (Å²) in [4.78, 5) is 13.8. The number of hydrogen-bond acceptors (Lipinski definition) is 3. The van der Waals surface area contributed by atoms with Gasteiger partial charge in [0.05, 0.1) is 6.54 Å². The zero-order chi connectivity index (χ0) is 13.2. The van der Waals surface area contributed by atoms with Crippen LogP contribution in [0.4, 0.5) is 0 Å². The van der Waals surface area contributed by atoms with Crippen molar-refractivity contribution in [2.24, 2.45) is 5.92 Å². The molecule has 106 valence electrons. The number of unbranched alkanes of at least 4 members (excludes halogenated alkanes) is 1. The molecule has 0 aromatic carbocycles. The van der Waals surface area contributed by atoms with Gasteiger partial charge in [0.15, 0.2) is 0 Å². The average molecular weight is 255 g/mol. The van der Waals surface area contributed by atoms with E-state index in [1.165, 1.54) is 32.4 Å². The van der Waals surface area contributed by atoms with Crippen LogP contribution >= 0.6 is 0 Å². The summed E-state index contributed by atoms with van der Waals surface area (Å²) < 4.78 is 0. The van der Waals surface area contributed by atoms with Gasteiger partial charge in [-0.25, -0.2) is 0 Å². The lowest BCUT2D eigenvalue weighted by molar-refractivity contribution is -0.120. The number of hydrogen-bond donors (Lipinski definition) is 2. The van der Waals surface area contributed by atoms with Crippen molar-refractivity contribution in [3.63, 3.8) is 0 Å². The second-order valence-corrected chi connectivity index (χ2v) is 5.42. The monoisotopic (exact) mass is 255 g/mol. The number of likely N-dealkylation sites (tertiary alicyclic amines) is 1. The van der Waals surface area contributed by atoms with E-state index in [0.717, 1.165) is 31.8 Å². The summed E-state index contributed by atoms with van der Waals surface area (Å²) in [5, 5.41) is 6.16. The molecule has 4 nitrogen and oxygen atoms in total. The summed E-state index contributed by atoms with van der Waals surface area (Å²) in [5.74, 6) is 0.976. The van der Waals surface area contributed by atoms with Gasteiger partial charge in [0, 0.05) is 6.54 Å². The van der Waals surface area contributed by atoms with Crippen molar-refractivity contribution in [3.05, 3.63) is 0 Å². The van der Waals surface area contributed by atoms with Crippen molar-refractivity contribution >= 4 is 5.91 Å². The fraction of sp³-hybridized carbons (Fsp3) is 0.929. The van der Waals surface area contributed by atoms with E-state index in [4.69, 9.17) is 0 Å². The fourth-order valence-corrected chi connectivity index (χ4v) is 2.33. The Morgan fingerprint density at radius 1 is 1.28 bits per heavy atom. The molecule has 0 radical (unpaired) electrons. The van der Waals surface area contributed by atoms with Crippen LogP contribution in [0.25, 0.3) is 0 Å². The Morgan fingerprint density at radius 2 is 2.00 bits per heavy atom. The SMILES string of the molecule is CCCCNC(=O)CNCCC1CCN(C)CC1. The van der Waals surface area contributed by atoms with Crippen molar-refractivity contribution < 1.29 is 4.79 Å². The molecule has 1 saturated heterocycles. The summed E-state index contributed by atoms with van der Waals surface area (Å²) in [6.45, 7) is 6.83. The largest absolute Gasteiger partial charge is 0.355 e. The molecule has 18 heavy (non-hydrogen) atoms. The Bertz CT molecular complexity index is 225. The van der Waals surface area contributed by atoms with E-state index in [9.17, 15) is 4.79 Å². The molecule has 0 aromatic heterocycles. The summed E-state index contributed by atoms with van der Waals surface area (Å²) in [6.07, 6.45) is 6.02. The molecule has 1 heterocycles. The van der Waals surface area contributed by atoms with Gasteiger partial charge in [0.2, 0.25) is 5.91 Å². The quantitative estimate of drug-likeness (QED) is 0.641. The van der Waals surface area contributed by atoms with Gasteiger partial charge >= 0.3 is 0 Å². The molecule has 0 aliphatic carbocycles. The minimum absolute atomic E-state index is 0.131. The Morgan fingerprint density at radius 3 is 2.67 bits per heavy atom. The van der Waals surface area contributed by atoms with E-state index in [2.05, 4.69) is 29.5 Å². The normalized spacial score (nSPS) is 17.9. The van der Waals surface area contributed by atoms with Crippen LogP contribution < -0.4 is 10.6 Å². The Balaban J connectivity index is 1.93. The first-order valence-corrected chi connectivity index (χ1v) is 7.38. The van der Waals surface area contributed by atoms with Gasteiger partial charge in [-0.3, -0.25) is 4.79 Å². The van der Waals surface area contributed by atoms with Crippen LogP contribution in [0.15, 0.2) is 0 Å². The Labute approximate surface area is 111 Å². The first-order valence-electron chi connectivity index (χ1n) is 7.38. The highest BCUT2D eigenvalue weighted by Gasteiger charge is 2.15. The number of amides is 1. The topological polar surface area (TPSA) is 44.4 Å². The van der Waals surface area contributed by atoms with E-state index >= 15 is 0 Å². The first kappa shape index (κ1) is 15.4. The van der Waals surface area contributed by atoms with Crippen molar-refractivity contribution in [3.8, 4) is 0 Å². The molecule has 1 amide bonds. The maximum atomic E-state index is 11.4. The molecular weight excluding hydrogens is 226 g/mol. The minimum Gasteiger partial charge on any atom is -0.355 e. The average Bonchev–Trinajstić information content (AvgIpc) is 2.37. The highest BCUT2D eigenvalue weighted by atomic mass is 16.1. The van der Waals surface area contributed by atoms with Crippen molar-refractivity contribution in [1.29, 1.82) is 0 Å². The predicted octanol–water partition coefficient (Wildman–Crippen LogP) is 1.22. The first-order chi connectivity index (χ1) is 8.72. The molecule has 1 aliphatic rings. The molecule has 1 rings (SSSR count). The molecule has 2 N–H and O–H groups in total. The third-order valence-electron chi connectivity index (χ3n) is 3.71. The number of carbonyl (C=O) groups is 1. The van der Waals surface area contributed by atoms with E-state index in [0.29, 0.717) is 6.54 Å². The van der Waals surface area contributed by atoms with Gasteiger partial charge in [0.1, 0.15) is 0 Å². The van der Waals surface area contributed by atoms with Crippen molar-refractivity contribution in [2.75, 3.05) is 39.8 Å². The van der Waals surface area contributed by atoms with Gasteiger partial charge in [-0.2, -0.15) is 0 Å². The zero-order valence-corrected chi connectivity index (χ0v) is 12.0. The van der Waals surface area contributed by atoms with Gasteiger partial charge in [0.25, 0.3) is 0 Å². The molecule has 0 spiro atoms. The van der Waals surface area contributed by atoms with E-state index in [-0.39, 0.29) is 5.91 Å². The summed E-state index contributed by atoms with van der Waals surface area (Å²) in [6, 6.07) is 0. The van der Waals surface area contributed by atoms with E-state index in [1.54, 1.807) is 0 Å². The van der Waals surface area contributed by atoms with Crippen molar-refractivity contribution in [2.45, 2.75) is 39.0 Å². The van der Waals surface area contributed by atoms with Gasteiger partial charge < -0.3 is 15.5 Å². The predicted molar refractivity (Wildman–Crippen MR) is 75.6 cm³/mol. The summed E-state index contributed by atoms with van der Waals surface area (Å²) >= 11 is 0. The van der Waals surface area contributed by atoms with Crippen LogP contribution in [0.5, 0.6) is 0 Å². The summed E-state index contributed by atoms with van der Waals surface area (Å²) in [5.41, 5.74) is 0. The standard InChI is InChI=1S/C14H29N3O/c1-3-4-8-16-14(18)12-15-9-5-13-6-10-17(2)11-7-13/h13,15H,3-12H2,1-2H3,(H,16,18). The maximum absolute atomic E-state index is 11.4. The van der Waals surface area contributed by atoms with Crippen LogP contribution in [0.1, 0.15) is 39.0 Å². The molecule has 0 saturated carbocycles. The van der Waals surface area contributed by atoms with Gasteiger partial charge in [-0.05, 0) is 58.3 Å². The number of nitrogens with zero attached hydrogens (tertiary/aromatic N) is 1. The van der Waals surface area contributed by atoms with Crippen LogP contribution in [-0.4, -0.2) is 50.6 Å². The number of nitrogens with one attached hydrogen (secondary N) is 2. The molecule has 0 unspecified atom stereocenters.